The molecule has 0 aromatic heterocycles. The van der Waals surface area contributed by atoms with E-state index >= 15 is 0 Å². The minimum absolute atomic E-state index is 0.0857. The number of carbonyl (C=O) groups excluding carboxylic acids is 1. The Kier molecular flexibility index (Phi) is 5.65. The van der Waals surface area contributed by atoms with Gasteiger partial charge in [0, 0.05) is 18.9 Å². The van der Waals surface area contributed by atoms with E-state index in [1.54, 1.807) is 0 Å². The van der Waals surface area contributed by atoms with Gasteiger partial charge in [0.05, 0.1) is 6.10 Å². The summed E-state index contributed by atoms with van der Waals surface area (Å²) in [7, 11) is 0. The van der Waals surface area contributed by atoms with E-state index in [1.165, 1.54) is 0 Å². The average Bonchev–Trinajstić information content (AvgIpc) is 2.61. The first kappa shape index (κ1) is 12.5. The monoisotopic (exact) mass is 214 g/mol. The van der Waals surface area contributed by atoms with E-state index in [9.17, 15) is 9.90 Å². The standard InChI is InChI=1S/C11H22N2O2/c12-7-2-1-6-11(15)13-8-9-4-3-5-10(9)14/h9-10,14H,1-8,12H2,(H,13,15). The van der Waals surface area contributed by atoms with Crippen LogP contribution in [-0.4, -0.2) is 30.2 Å². The summed E-state index contributed by atoms with van der Waals surface area (Å²) in [4.78, 5) is 11.3. The molecule has 0 heterocycles. The van der Waals surface area contributed by atoms with Crippen LogP contribution in [0.15, 0.2) is 0 Å². The van der Waals surface area contributed by atoms with Crippen molar-refractivity contribution in [3.63, 3.8) is 0 Å². The second kappa shape index (κ2) is 6.80. The summed E-state index contributed by atoms with van der Waals surface area (Å²) in [6.07, 6.45) is 5.09. The Bertz CT molecular complexity index is 197. The zero-order chi connectivity index (χ0) is 11.1. The molecule has 1 rings (SSSR count). The normalized spacial score (nSPS) is 25.5. The van der Waals surface area contributed by atoms with Crippen molar-refractivity contribution in [2.24, 2.45) is 11.7 Å². The number of rotatable bonds is 6. The number of hydrogen-bond acceptors (Lipinski definition) is 3. The molecule has 1 aliphatic carbocycles. The topological polar surface area (TPSA) is 75.4 Å². The fraction of sp³-hybridized carbons (Fsp3) is 0.909. The molecule has 4 N–H and O–H groups in total. The van der Waals surface area contributed by atoms with Gasteiger partial charge in [0.1, 0.15) is 0 Å². The van der Waals surface area contributed by atoms with Crippen molar-refractivity contribution in [1.29, 1.82) is 0 Å². The molecule has 0 aromatic carbocycles. The predicted molar refractivity (Wildman–Crippen MR) is 59.3 cm³/mol. The van der Waals surface area contributed by atoms with Gasteiger partial charge in [-0.25, -0.2) is 0 Å². The van der Waals surface area contributed by atoms with Gasteiger partial charge in [0.15, 0.2) is 0 Å². The highest BCUT2D eigenvalue weighted by molar-refractivity contribution is 5.75. The first-order valence-electron chi connectivity index (χ1n) is 5.89. The molecule has 2 atom stereocenters. The first-order chi connectivity index (χ1) is 7.24. The summed E-state index contributed by atoms with van der Waals surface area (Å²) in [5, 5.41) is 12.4. The van der Waals surface area contributed by atoms with Crippen LogP contribution < -0.4 is 11.1 Å². The lowest BCUT2D eigenvalue weighted by atomic mass is 10.1. The number of aliphatic hydroxyl groups is 1. The summed E-state index contributed by atoms with van der Waals surface area (Å²) in [6.45, 7) is 1.28. The number of unbranched alkanes of at least 4 members (excludes halogenated alkanes) is 1. The summed E-state index contributed by atoms with van der Waals surface area (Å²) < 4.78 is 0. The molecule has 15 heavy (non-hydrogen) atoms. The summed E-state index contributed by atoms with van der Waals surface area (Å²) in [5.74, 6) is 0.353. The van der Waals surface area contributed by atoms with Crippen molar-refractivity contribution < 1.29 is 9.90 Å². The van der Waals surface area contributed by atoms with Gasteiger partial charge in [-0.2, -0.15) is 0 Å². The Balaban J connectivity index is 2.05. The lowest BCUT2D eigenvalue weighted by Crippen LogP contribution is -2.32. The predicted octanol–water partition coefficient (Wildman–Crippen LogP) is 0.393. The first-order valence-corrected chi connectivity index (χ1v) is 5.89. The van der Waals surface area contributed by atoms with Crippen LogP contribution in [0.2, 0.25) is 0 Å². The third-order valence-electron chi connectivity index (χ3n) is 3.04. The Hall–Kier alpha value is -0.610. The molecule has 0 aliphatic heterocycles. The lowest BCUT2D eigenvalue weighted by Gasteiger charge is -2.14. The van der Waals surface area contributed by atoms with Crippen molar-refractivity contribution >= 4 is 5.91 Å². The zero-order valence-corrected chi connectivity index (χ0v) is 9.24. The summed E-state index contributed by atoms with van der Waals surface area (Å²) in [5.41, 5.74) is 5.34. The van der Waals surface area contributed by atoms with Crippen LogP contribution in [-0.2, 0) is 4.79 Å². The Morgan fingerprint density at radius 3 is 2.80 bits per heavy atom. The molecule has 88 valence electrons. The Morgan fingerprint density at radius 2 is 2.20 bits per heavy atom. The molecule has 1 amide bonds. The summed E-state index contributed by atoms with van der Waals surface area (Å²) >= 11 is 0. The largest absolute Gasteiger partial charge is 0.393 e. The van der Waals surface area contributed by atoms with E-state index in [0.29, 0.717) is 19.5 Å². The SMILES string of the molecule is NCCCCC(=O)NCC1CCCC1O. The van der Waals surface area contributed by atoms with Crippen molar-refractivity contribution in [1.82, 2.24) is 5.32 Å². The summed E-state index contributed by atoms with van der Waals surface area (Å²) in [6, 6.07) is 0. The van der Waals surface area contributed by atoms with E-state index in [-0.39, 0.29) is 17.9 Å². The molecule has 1 fully saturated rings. The quantitative estimate of drug-likeness (QED) is 0.560. The molecule has 4 heteroatoms. The van der Waals surface area contributed by atoms with Crippen LogP contribution >= 0.6 is 0 Å². The van der Waals surface area contributed by atoms with E-state index < -0.39 is 0 Å². The maximum atomic E-state index is 11.3. The van der Waals surface area contributed by atoms with E-state index in [2.05, 4.69) is 5.32 Å². The molecule has 0 saturated heterocycles. The zero-order valence-electron chi connectivity index (χ0n) is 9.24. The molecule has 0 aromatic rings. The third-order valence-corrected chi connectivity index (χ3v) is 3.04. The smallest absolute Gasteiger partial charge is 0.220 e. The van der Waals surface area contributed by atoms with E-state index in [4.69, 9.17) is 5.73 Å². The molecular formula is C11H22N2O2. The molecule has 0 spiro atoms. The molecular weight excluding hydrogens is 192 g/mol. The van der Waals surface area contributed by atoms with Gasteiger partial charge >= 0.3 is 0 Å². The second-order valence-corrected chi connectivity index (χ2v) is 4.31. The average molecular weight is 214 g/mol. The number of carbonyl (C=O) groups is 1. The van der Waals surface area contributed by atoms with Gasteiger partial charge < -0.3 is 16.2 Å². The van der Waals surface area contributed by atoms with Crippen molar-refractivity contribution in [2.45, 2.75) is 44.6 Å². The fourth-order valence-corrected chi connectivity index (χ4v) is 2.02. The highest BCUT2D eigenvalue weighted by Gasteiger charge is 2.25. The minimum Gasteiger partial charge on any atom is -0.393 e. The highest BCUT2D eigenvalue weighted by Crippen LogP contribution is 2.24. The van der Waals surface area contributed by atoms with Gasteiger partial charge in [0.2, 0.25) is 5.91 Å². The molecule has 1 aliphatic rings. The van der Waals surface area contributed by atoms with E-state index in [1.807, 2.05) is 0 Å². The third kappa shape index (κ3) is 4.62. The Labute approximate surface area is 91.2 Å². The van der Waals surface area contributed by atoms with Crippen LogP contribution in [0.3, 0.4) is 0 Å². The lowest BCUT2D eigenvalue weighted by molar-refractivity contribution is -0.121. The maximum Gasteiger partial charge on any atom is 0.220 e. The number of aliphatic hydroxyl groups excluding tert-OH is 1. The second-order valence-electron chi connectivity index (χ2n) is 4.31. The molecule has 0 bridgehead atoms. The number of hydrogen-bond donors (Lipinski definition) is 3. The number of nitrogens with one attached hydrogen (secondary N) is 1. The van der Waals surface area contributed by atoms with Crippen molar-refractivity contribution in [3.05, 3.63) is 0 Å². The van der Waals surface area contributed by atoms with Crippen LogP contribution in [0.1, 0.15) is 38.5 Å². The van der Waals surface area contributed by atoms with Gasteiger partial charge in [-0.3, -0.25) is 4.79 Å². The van der Waals surface area contributed by atoms with Crippen LogP contribution in [0.4, 0.5) is 0 Å². The van der Waals surface area contributed by atoms with Gasteiger partial charge in [-0.15, -0.1) is 0 Å². The van der Waals surface area contributed by atoms with Gasteiger partial charge in [-0.05, 0) is 32.2 Å². The number of nitrogens with two attached hydrogens (primary N) is 1. The molecule has 1 saturated carbocycles. The van der Waals surface area contributed by atoms with Crippen LogP contribution in [0, 0.1) is 5.92 Å². The Morgan fingerprint density at radius 1 is 1.40 bits per heavy atom. The minimum atomic E-state index is -0.214. The van der Waals surface area contributed by atoms with Gasteiger partial charge in [-0.1, -0.05) is 6.42 Å². The van der Waals surface area contributed by atoms with Gasteiger partial charge in [0.25, 0.3) is 0 Å². The molecule has 2 unspecified atom stereocenters. The van der Waals surface area contributed by atoms with Crippen molar-refractivity contribution in [2.75, 3.05) is 13.1 Å². The fourth-order valence-electron chi connectivity index (χ4n) is 2.02. The highest BCUT2D eigenvalue weighted by atomic mass is 16.3. The molecule has 4 nitrogen and oxygen atoms in total. The van der Waals surface area contributed by atoms with Crippen LogP contribution in [0.5, 0.6) is 0 Å². The van der Waals surface area contributed by atoms with E-state index in [0.717, 1.165) is 32.1 Å². The van der Waals surface area contributed by atoms with Crippen molar-refractivity contribution in [3.8, 4) is 0 Å². The molecule has 0 radical (unpaired) electrons. The maximum absolute atomic E-state index is 11.3. The van der Waals surface area contributed by atoms with Crippen LogP contribution in [0.25, 0.3) is 0 Å². The number of amides is 1.